The smallest absolute Gasteiger partial charge is 0.282 e. The molecule has 0 atom stereocenters. The van der Waals surface area contributed by atoms with Crippen molar-refractivity contribution in [3.63, 3.8) is 0 Å². The van der Waals surface area contributed by atoms with Gasteiger partial charge in [-0.3, -0.25) is 14.9 Å². The second kappa shape index (κ2) is 7.75. The van der Waals surface area contributed by atoms with Gasteiger partial charge in [-0.25, -0.2) is 0 Å². The van der Waals surface area contributed by atoms with Crippen molar-refractivity contribution in [3.05, 3.63) is 88.0 Å². The molecule has 0 radical (unpaired) electrons. The molecule has 1 amide bonds. The minimum absolute atomic E-state index is 0.00325. The number of benzene rings is 3. The fraction of sp³-hybridized carbons (Fsp3) is 0.136. The minimum atomic E-state index is -0.575. The van der Waals surface area contributed by atoms with Gasteiger partial charge in [-0.15, -0.1) is 10.2 Å². The van der Waals surface area contributed by atoms with Crippen molar-refractivity contribution in [1.29, 1.82) is 0 Å². The lowest BCUT2D eigenvalue weighted by Crippen LogP contribution is -2.13. The Morgan fingerprint density at radius 2 is 1.70 bits per heavy atom. The average Bonchev–Trinajstić information content (AvgIpc) is 3.17. The van der Waals surface area contributed by atoms with Crippen LogP contribution in [0.15, 0.2) is 66.7 Å². The number of fused-ring (bicyclic) bond motifs is 1. The number of nitrogens with one attached hydrogen (secondary N) is 1. The Hall–Kier alpha value is -4.07. The molecule has 0 aliphatic rings. The van der Waals surface area contributed by atoms with E-state index in [2.05, 4.69) is 29.4 Å². The normalized spacial score (nSPS) is 11.0. The molecule has 0 unspecified atom stereocenters. The number of nitrogens with zero attached hydrogens (tertiary/aromatic N) is 4. The molecule has 0 aliphatic heterocycles. The second-order valence-corrected chi connectivity index (χ2v) is 7.17. The third kappa shape index (κ3) is 3.75. The average molecular weight is 401 g/mol. The third-order valence-corrected chi connectivity index (χ3v) is 4.77. The van der Waals surface area contributed by atoms with Gasteiger partial charge in [0.1, 0.15) is 16.6 Å². The summed E-state index contributed by atoms with van der Waals surface area (Å²) in [5, 5.41) is 22.8. The van der Waals surface area contributed by atoms with Crippen molar-refractivity contribution in [2.24, 2.45) is 0 Å². The molecule has 4 rings (SSSR count). The molecule has 1 heterocycles. The fourth-order valence-corrected chi connectivity index (χ4v) is 3.12. The Morgan fingerprint density at radius 1 is 1.00 bits per heavy atom. The molecule has 0 spiro atoms. The van der Waals surface area contributed by atoms with Crippen LogP contribution in [0.4, 0.5) is 11.4 Å². The SMILES string of the molecule is CC(C)c1ccc(-n2nc3ccc(NC(=O)c4ccccc4[N+](=O)[O-])cc3n2)cc1. The van der Waals surface area contributed by atoms with E-state index in [1.165, 1.54) is 23.8 Å². The van der Waals surface area contributed by atoms with E-state index in [-0.39, 0.29) is 11.3 Å². The lowest BCUT2D eigenvalue weighted by Gasteiger charge is -2.05. The van der Waals surface area contributed by atoms with Gasteiger partial charge in [0.15, 0.2) is 0 Å². The van der Waals surface area contributed by atoms with Crippen LogP contribution in [0.3, 0.4) is 0 Å². The predicted octanol–water partition coefficient (Wildman–Crippen LogP) is 4.70. The molecule has 1 aromatic heterocycles. The number of aromatic nitrogens is 3. The third-order valence-electron chi connectivity index (χ3n) is 4.77. The standard InChI is InChI=1S/C22H19N5O3/c1-14(2)15-7-10-17(11-8-15)26-24-19-12-9-16(13-20(19)25-26)23-22(28)18-5-3-4-6-21(18)27(29)30/h3-14H,1-2H3,(H,23,28). The lowest BCUT2D eigenvalue weighted by molar-refractivity contribution is -0.385. The van der Waals surface area contributed by atoms with Crippen LogP contribution in [0.25, 0.3) is 16.7 Å². The van der Waals surface area contributed by atoms with Gasteiger partial charge < -0.3 is 5.32 Å². The fourth-order valence-electron chi connectivity index (χ4n) is 3.12. The first-order valence-electron chi connectivity index (χ1n) is 9.44. The number of carbonyl (C=O) groups excluding carboxylic acids is 1. The van der Waals surface area contributed by atoms with Crippen molar-refractivity contribution >= 4 is 28.3 Å². The van der Waals surface area contributed by atoms with Crippen molar-refractivity contribution in [3.8, 4) is 5.69 Å². The van der Waals surface area contributed by atoms with Crippen LogP contribution in [0.2, 0.25) is 0 Å². The van der Waals surface area contributed by atoms with E-state index in [0.717, 1.165) is 5.69 Å². The number of nitro groups is 1. The lowest BCUT2D eigenvalue weighted by atomic mass is 10.0. The number of rotatable bonds is 5. The molecule has 150 valence electrons. The van der Waals surface area contributed by atoms with Crippen LogP contribution < -0.4 is 5.32 Å². The van der Waals surface area contributed by atoms with Crippen LogP contribution in [-0.4, -0.2) is 25.8 Å². The van der Waals surface area contributed by atoms with Crippen molar-refractivity contribution in [1.82, 2.24) is 15.0 Å². The first-order chi connectivity index (χ1) is 14.4. The summed E-state index contributed by atoms with van der Waals surface area (Å²) in [4.78, 5) is 24.7. The highest BCUT2D eigenvalue weighted by atomic mass is 16.6. The van der Waals surface area contributed by atoms with Gasteiger partial charge >= 0.3 is 0 Å². The minimum Gasteiger partial charge on any atom is -0.322 e. The van der Waals surface area contributed by atoms with Gasteiger partial charge in [0.25, 0.3) is 11.6 Å². The first-order valence-corrected chi connectivity index (χ1v) is 9.44. The summed E-state index contributed by atoms with van der Waals surface area (Å²) in [7, 11) is 0. The van der Waals surface area contributed by atoms with Crippen LogP contribution in [0, 0.1) is 10.1 Å². The maximum atomic E-state index is 12.5. The van der Waals surface area contributed by atoms with E-state index in [0.29, 0.717) is 22.6 Å². The summed E-state index contributed by atoms with van der Waals surface area (Å²) in [5.41, 5.74) is 3.57. The molecular weight excluding hydrogens is 382 g/mol. The van der Waals surface area contributed by atoms with Gasteiger partial charge in [0, 0.05) is 11.8 Å². The number of anilines is 1. The zero-order chi connectivity index (χ0) is 21.3. The molecule has 1 N–H and O–H groups in total. The quantitative estimate of drug-likeness (QED) is 0.385. The Kier molecular flexibility index (Phi) is 4.97. The molecule has 0 saturated heterocycles. The summed E-state index contributed by atoms with van der Waals surface area (Å²) < 4.78 is 0. The highest BCUT2D eigenvalue weighted by Gasteiger charge is 2.19. The number of hydrogen-bond donors (Lipinski definition) is 1. The van der Waals surface area contributed by atoms with Crippen LogP contribution in [-0.2, 0) is 0 Å². The van der Waals surface area contributed by atoms with Crippen molar-refractivity contribution in [2.75, 3.05) is 5.32 Å². The van der Waals surface area contributed by atoms with Gasteiger partial charge in [0.05, 0.1) is 10.6 Å². The maximum Gasteiger partial charge on any atom is 0.282 e. The summed E-state index contributed by atoms with van der Waals surface area (Å²) in [6.07, 6.45) is 0. The van der Waals surface area contributed by atoms with E-state index < -0.39 is 10.8 Å². The summed E-state index contributed by atoms with van der Waals surface area (Å²) in [6.45, 7) is 4.27. The topological polar surface area (TPSA) is 103 Å². The Bertz CT molecular complexity index is 1250. The highest BCUT2D eigenvalue weighted by Crippen LogP contribution is 2.22. The molecular formula is C22H19N5O3. The monoisotopic (exact) mass is 401 g/mol. The summed E-state index contributed by atoms with van der Waals surface area (Å²) in [6, 6.07) is 19.0. The molecule has 30 heavy (non-hydrogen) atoms. The van der Waals surface area contributed by atoms with Gasteiger partial charge in [0.2, 0.25) is 0 Å². The van der Waals surface area contributed by atoms with Gasteiger partial charge in [-0.2, -0.15) is 4.80 Å². The van der Waals surface area contributed by atoms with Crippen LogP contribution in [0.1, 0.15) is 35.7 Å². The largest absolute Gasteiger partial charge is 0.322 e. The van der Waals surface area contributed by atoms with E-state index in [1.807, 2.05) is 24.3 Å². The first kappa shape index (κ1) is 19.3. The number of nitro benzene ring substituents is 1. The van der Waals surface area contributed by atoms with E-state index in [4.69, 9.17) is 0 Å². The van der Waals surface area contributed by atoms with Gasteiger partial charge in [-0.05, 0) is 47.9 Å². The molecule has 4 aromatic rings. The van der Waals surface area contributed by atoms with E-state index >= 15 is 0 Å². The van der Waals surface area contributed by atoms with E-state index in [9.17, 15) is 14.9 Å². The second-order valence-electron chi connectivity index (χ2n) is 7.17. The van der Waals surface area contributed by atoms with Gasteiger partial charge in [-0.1, -0.05) is 38.1 Å². The molecule has 0 aliphatic carbocycles. The van der Waals surface area contributed by atoms with Crippen LogP contribution in [0.5, 0.6) is 0 Å². The van der Waals surface area contributed by atoms with Crippen LogP contribution >= 0.6 is 0 Å². The molecule has 8 nitrogen and oxygen atoms in total. The summed E-state index contributed by atoms with van der Waals surface area (Å²) in [5.74, 6) is -0.117. The number of para-hydroxylation sites is 1. The zero-order valence-corrected chi connectivity index (χ0v) is 16.4. The summed E-state index contributed by atoms with van der Waals surface area (Å²) >= 11 is 0. The highest BCUT2D eigenvalue weighted by molar-refractivity contribution is 6.07. The Labute approximate surface area is 172 Å². The number of carbonyl (C=O) groups is 1. The molecule has 0 bridgehead atoms. The Morgan fingerprint density at radius 3 is 2.40 bits per heavy atom. The zero-order valence-electron chi connectivity index (χ0n) is 16.4. The molecule has 8 heteroatoms. The molecule has 0 fully saturated rings. The molecule has 3 aromatic carbocycles. The predicted molar refractivity (Wildman–Crippen MR) is 114 cm³/mol. The van der Waals surface area contributed by atoms with Crippen molar-refractivity contribution < 1.29 is 9.72 Å². The number of amides is 1. The Balaban J connectivity index is 1.60. The van der Waals surface area contributed by atoms with Crippen molar-refractivity contribution in [2.45, 2.75) is 19.8 Å². The maximum absolute atomic E-state index is 12.5. The molecule has 0 saturated carbocycles. The van der Waals surface area contributed by atoms with E-state index in [1.54, 1.807) is 29.1 Å². The number of hydrogen-bond acceptors (Lipinski definition) is 5.